The Kier molecular flexibility index (Phi) is 8.00. The zero-order chi connectivity index (χ0) is 16.7. The minimum atomic E-state index is 0.438. The van der Waals surface area contributed by atoms with Gasteiger partial charge in [-0.3, -0.25) is 0 Å². The maximum atomic E-state index is 10.5. The zero-order valence-electron chi connectivity index (χ0n) is 15.6. The Morgan fingerprint density at radius 2 is 1.18 bits per heavy atom. The third kappa shape index (κ3) is 4.51. The molecule has 1 aromatic carbocycles. The number of rotatable bonds is 9. The molecule has 0 amide bonds. The van der Waals surface area contributed by atoms with Gasteiger partial charge in [0.1, 0.15) is 5.75 Å². The number of hydrogen-bond acceptors (Lipinski definition) is 1. The summed E-state index contributed by atoms with van der Waals surface area (Å²) in [5, 5.41) is 10.5. The molecule has 0 bridgehead atoms. The normalized spacial score (nSPS) is 15.5. The Morgan fingerprint density at radius 3 is 1.68 bits per heavy atom. The second-order valence-corrected chi connectivity index (χ2v) is 7.07. The first kappa shape index (κ1) is 19.1. The summed E-state index contributed by atoms with van der Waals surface area (Å²) in [5.41, 5.74) is 4.14. The van der Waals surface area contributed by atoms with Crippen molar-refractivity contribution in [3.05, 3.63) is 28.8 Å². The molecule has 126 valence electrons. The monoisotopic (exact) mass is 304 g/mol. The van der Waals surface area contributed by atoms with Gasteiger partial charge in [-0.1, -0.05) is 66.9 Å². The van der Waals surface area contributed by atoms with Crippen molar-refractivity contribution >= 4 is 0 Å². The predicted octanol–water partition coefficient (Wildman–Crippen LogP) is 7.10. The van der Waals surface area contributed by atoms with Crippen LogP contribution in [-0.4, -0.2) is 5.11 Å². The summed E-state index contributed by atoms with van der Waals surface area (Å²) in [4.78, 5) is 0. The lowest BCUT2D eigenvalue weighted by Crippen LogP contribution is -2.10. The van der Waals surface area contributed by atoms with Gasteiger partial charge in [0.05, 0.1) is 0 Å². The van der Waals surface area contributed by atoms with Crippen LogP contribution in [0.4, 0.5) is 0 Å². The SMILES string of the molecule is CCCC(C)c1ccc(O)c(C(C)CCC)c1C(C)CCC. The summed E-state index contributed by atoms with van der Waals surface area (Å²) in [6.45, 7) is 13.7. The predicted molar refractivity (Wildman–Crippen MR) is 98.1 cm³/mol. The molecule has 0 radical (unpaired) electrons. The zero-order valence-corrected chi connectivity index (χ0v) is 15.6. The maximum absolute atomic E-state index is 10.5. The molecule has 22 heavy (non-hydrogen) atoms. The second-order valence-electron chi connectivity index (χ2n) is 7.07. The van der Waals surface area contributed by atoms with Crippen LogP contribution in [0.3, 0.4) is 0 Å². The lowest BCUT2D eigenvalue weighted by atomic mass is 9.78. The van der Waals surface area contributed by atoms with E-state index >= 15 is 0 Å². The van der Waals surface area contributed by atoms with Crippen LogP contribution in [0.1, 0.15) is 115 Å². The van der Waals surface area contributed by atoms with Crippen molar-refractivity contribution in [3.8, 4) is 5.75 Å². The smallest absolute Gasteiger partial charge is 0.119 e. The largest absolute Gasteiger partial charge is 0.508 e. The summed E-state index contributed by atoms with van der Waals surface area (Å²) in [5.74, 6) is 2.05. The highest BCUT2D eigenvalue weighted by atomic mass is 16.3. The number of hydrogen-bond donors (Lipinski definition) is 1. The van der Waals surface area contributed by atoms with E-state index in [1.807, 2.05) is 6.07 Å². The van der Waals surface area contributed by atoms with E-state index in [2.05, 4.69) is 47.6 Å². The van der Waals surface area contributed by atoms with Gasteiger partial charge in [-0.05, 0) is 54.2 Å². The van der Waals surface area contributed by atoms with Crippen LogP contribution in [0, 0.1) is 0 Å². The number of benzene rings is 1. The molecular formula is C21H36O. The van der Waals surface area contributed by atoms with Crippen molar-refractivity contribution in [2.45, 2.75) is 97.8 Å². The molecule has 1 N–H and O–H groups in total. The van der Waals surface area contributed by atoms with E-state index in [-0.39, 0.29) is 0 Å². The van der Waals surface area contributed by atoms with Crippen molar-refractivity contribution in [2.75, 3.05) is 0 Å². The van der Waals surface area contributed by atoms with E-state index in [1.54, 1.807) is 0 Å². The second kappa shape index (κ2) is 9.22. The number of aromatic hydroxyl groups is 1. The summed E-state index contributed by atoms with van der Waals surface area (Å²) < 4.78 is 0. The third-order valence-electron chi connectivity index (χ3n) is 4.98. The van der Waals surface area contributed by atoms with Crippen molar-refractivity contribution in [3.63, 3.8) is 0 Å². The lowest BCUT2D eigenvalue weighted by Gasteiger charge is -2.27. The average molecular weight is 305 g/mol. The van der Waals surface area contributed by atoms with Crippen molar-refractivity contribution < 1.29 is 5.11 Å². The average Bonchev–Trinajstić information content (AvgIpc) is 2.47. The van der Waals surface area contributed by atoms with Crippen LogP contribution in [0.15, 0.2) is 12.1 Å². The summed E-state index contributed by atoms with van der Waals surface area (Å²) in [6.07, 6.45) is 7.13. The Hall–Kier alpha value is -0.980. The van der Waals surface area contributed by atoms with Gasteiger partial charge < -0.3 is 5.11 Å². The third-order valence-corrected chi connectivity index (χ3v) is 4.98. The number of phenols is 1. The van der Waals surface area contributed by atoms with Gasteiger partial charge in [-0.15, -0.1) is 0 Å². The van der Waals surface area contributed by atoms with Crippen molar-refractivity contribution in [2.24, 2.45) is 0 Å². The van der Waals surface area contributed by atoms with E-state index in [1.165, 1.54) is 42.4 Å². The molecule has 1 heteroatoms. The van der Waals surface area contributed by atoms with Crippen LogP contribution in [-0.2, 0) is 0 Å². The van der Waals surface area contributed by atoms with Gasteiger partial charge in [0.25, 0.3) is 0 Å². The molecule has 0 aromatic heterocycles. The Morgan fingerprint density at radius 1 is 0.727 bits per heavy atom. The van der Waals surface area contributed by atoms with E-state index in [9.17, 15) is 5.11 Å². The van der Waals surface area contributed by atoms with Crippen LogP contribution in [0.25, 0.3) is 0 Å². The maximum Gasteiger partial charge on any atom is 0.119 e. The summed E-state index contributed by atoms with van der Waals surface area (Å²) in [6, 6.07) is 4.12. The first-order chi connectivity index (χ1) is 10.5. The fraction of sp³-hybridized carbons (Fsp3) is 0.714. The fourth-order valence-electron chi connectivity index (χ4n) is 3.88. The van der Waals surface area contributed by atoms with Crippen LogP contribution < -0.4 is 0 Å². The molecule has 1 rings (SSSR count). The molecule has 0 spiro atoms. The topological polar surface area (TPSA) is 20.2 Å². The molecule has 0 saturated carbocycles. The lowest BCUT2D eigenvalue weighted by molar-refractivity contribution is 0.454. The molecule has 0 aliphatic rings. The minimum Gasteiger partial charge on any atom is -0.508 e. The first-order valence-corrected chi connectivity index (χ1v) is 9.33. The van der Waals surface area contributed by atoms with E-state index in [0.29, 0.717) is 23.5 Å². The molecular weight excluding hydrogens is 268 g/mol. The quantitative estimate of drug-likeness (QED) is 0.515. The molecule has 0 saturated heterocycles. The van der Waals surface area contributed by atoms with Gasteiger partial charge in [0.2, 0.25) is 0 Å². The Balaban J connectivity index is 3.41. The highest BCUT2D eigenvalue weighted by Crippen LogP contribution is 2.42. The molecule has 1 aromatic rings. The van der Waals surface area contributed by atoms with Gasteiger partial charge in [0.15, 0.2) is 0 Å². The van der Waals surface area contributed by atoms with Crippen LogP contribution in [0.5, 0.6) is 5.75 Å². The Bertz CT molecular complexity index is 449. The van der Waals surface area contributed by atoms with Crippen LogP contribution in [0.2, 0.25) is 0 Å². The molecule has 1 nitrogen and oxygen atoms in total. The molecule has 0 aliphatic heterocycles. The minimum absolute atomic E-state index is 0.438. The number of phenolic OH excluding ortho intramolecular Hbond substituents is 1. The molecule has 0 fully saturated rings. The summed E-state index contributed by atoms with van der Waals surface area (Å²) in [7, 11) is 0. The Labute approximate surface area is 138 Å². The molecule has 0 heterocycles. The molecule has 3 atom stereocenters. The van der Waals surface area contributed by atoms with Gasteiger partial charge in [0, 0.05) is 5.56 Å². The van der Waals surface area contributed by atoms with E-state index in [4.69, 9.17) is 0 Å². The van der Waals surface area contributed by atoms with E-state index < -0.39 is 0 Å². The first-order valence-electron chi connectivity index (χ1n) is 9.33. The van der Waals surface area contributed by atoms with Crippen molar-refractivity contribution in [1.82, 2.24) is 0 Å². The van der Waals surface area contributed by atoms with Crippen LogP contribution >= 0.6 is 0 Å². The molecule has 0 aliphatic carbocycles. The van der Waals surface area contributed by atoms with Crippen molar-refractivity contribution in [1.29, 1.82) is 0 Å². The molecule has 3 unspecified atom stereocenters. The van der Waals surface area contributed by atoms with Gasteiger partial charge >= 0.3 is 0 Å². The fourth-order valence-corrected chi connectivity index (χ4v) is 3.88. The van der Waals surface area contributed by atoms with Gasteiger partial charge in [-0.2, -0.15) is 0 Å². The summed E-state index contributed by atoms with van der Waals surface area (Å²) >= 11 is 0. The standard InChI is InChI=1S/C21H36O/c1-7-10-15(4)18-13-14-19(22)21(17(6)12-9-3)20(18)16(5)11-8-2/h13-17,22H,7-12H2,1-6H3. The highest BCUT2D eigenvalue weighted by Gasteiger charge is 2.23. The van der Waals surface area contributed by atoms with E-state index in [0.717, 1.165) is 12.8 Å². The van der Waals surface area contributed by atoms with Gasteiger partial charge in [-0.25, -0.2) is 0 Å². The highest BCUT2D eigenvalue weighted by molar-refractivity contribution is 5.49.